The molecule has 0 spiro atoms. The summed E-state index contributed by atoms with van der Waals surface area (Å²) in [5.74, 6) is 0.0729. The van der Waals surface area contributed by atoms with Gasteiger partial charge in [-0.2, -0.15) is 0 Å². The summed E-state index contributed by atoms with van der Waals surface area (Å²) in [6.07, 6.45) is 0.918. The molecule has 108 valence electrons. The van der Waals surface area contributed by atoms with E-state index in [1.54, 1.807) is 17.4 Å². The Morgan fingerprint density at radius 1 is 1.45 bits per heavy atom. The maximum Gasteiger partial charge on any atom is 0.347 e. The third-order valence-corrected chi connectivity index (χ3v) is 3.93. The second-order valence-corrected chi connectivity index (χ2v) is 6.84. The van der Waals surface area contributed by atoms with E-state index in [2.05, 4.69) is 18.8 Å². The summed E-state index contributed by atoms with van der Waals surface area (Å²) in [5.41, 5.74) is -0.515. The molecule has 0 atom stereocenters. The van der Waals surface area contributed by atoms with E-state index < -0.39 is 11.6 Å². The third-order valence-electron chi connectivity index (χ3n) is 2.89. The normalized spacial score (nSPS) is 12.1. The van der Waals surface area contributed by atoms with Gasteiger partial charge in [0.2, 0.25) is 0 Å². The van der Waals surface area contributed by atoms with Gasteiger partial charge in [-0.05, 0) is 31.9 Å². The van der Waals surface area contributed by atoms with Crippen molar-refractivity contribution in [2.45, 2.75) is 39.7 Å². The van der Waals surface area contributed by atoms with Crippen LogP contribution in [0.4, 0.5) is 0 Å². The fourth-order valence-corrected chi connectivity index (χ4v) is 3.00. The number of carboxylic acids is 1. The zero-order chi connectivity index (χ0) is 14.9. The largest absolute Gasteiger partial charge is 0.478 e. The van der Waals surface area contributed by atoms with E-state index in [0.717, 1.165) is 21.6 Å². The molecule has 20 heavy (non-hydrogen) atoms. The maximum atomic E-state index is 11.2. The fourth-order valence-electron chi connectivity index (χ4n) is 1.81. The van der Waals surface area contributed by atoms with Crippen LogP contribution in [-0.2, 0) is 11.2 Å². The predicted octanol–water partition coefficient (Wildman–Crippen LogP) is 3.74. The highest BCUT2D eigenvalue weighted by Gasteiger charge is 2.30. The molecule has 0 fully saturated rings. The first-order valence-electron chi connectivity index (χ1n) is 6.60. The standard InChI is InChI=1S/C15H19NO3S/c1-9(2)8-12-16-13-10(6-5-7-11(13)20-12)19-15(3,4)14(17)18/h5-7,9H,8H2,1-4H3,(H,17,18). The van der Waals surface area contributed by atoms with Gasteiger partial charge in [0.25, 0.3) is 0 Å². The highest BCUT2D eigenvalue weighted by atomic mass is 32.1. The number of para-hydroxylation sites is 1. The number of benzene rings is 1. The summed E-state index contributed by atoms with van der Waals surface area (Å²) in [5, 5.41) is 10.2. The van der Waals surface area contributed by atoms with Gasteiger partial charge in [-0.1, -0.05) is 19.9 Å². The lowest BCUT2D eigenvalue weighted by Gasteiger charge is -2.21. The molecule has 2 aromatic rings. The molecule has 1 N–H and O–H groups in total. The molecule has 0 amide bonds. The van der Waals surface area contributed by atoms with Crippen LogP contribution in [0.5, 0.6) is 5.75 Å². The quantitative estimate of drug-likeness (QED) is 0.912. The van der Waals surface area contributed by atoms with E-state index in [1.807, 2.05) is 12.1 Å². The minimum Gasteiger partial charge on any atom is -0.478 e. The molecule has 0 bridgehead atoms. The van der Waals surface area contributed by atoms with Gasteiger partial charge in [0.15, 0.2) is 5.60 Å². The molecule has 0 aliphatic heterocycles. The number of thiazole rings is 1. The molecule has 2 rings (SSSR count). The Kier molecular flexibility index (Phi) is 3.99. The minimum absolute atomic E-state index is 0.529. The van der Waals surface area contributed by atoms with Crippen molar-refractivity contribution in [2.75, 3.05) is 0 Å². The zero-order valence-electron chi connectivity index (χ0n) is 12.1. The summed E-state index contributed by atoms with van der Waals surface area (Å²) >= 11 is 1.64. The Bertz CT molecular complexity index is 631. The van der Waals surface area contributed by atoms with Gasteiger partial charge in [0.05, 0.1) is 9.71 Å². The summed E-state index contributed by atoms with van der Waals surface area (Å²) in [6, 6.07) is 5.62. The molecule has 1 aromatic heterocycles. The summed E-state index contributed by atoms with van der Waals surface area (Å²) in [4.78, 5) is 15.8. The highest BCUT2D eigenvalue weighted by Crippen LogP contribution is 2.32. The van der Waals surface area contributed by atoms with Gasteiger partial charge in [-0.3, -0.25) is 0 Å². The third kappa shape index (κ3) is 3.10. The molecular formula is C15H19NO3S. The molecule has 0 saturated carbocycles. The van der Waals surface area contributed by atoms with Crippen LogP contribution in [0, 0.1) is 5.92 Å². The van der Waals surface area contributed by atoms with Crippen LogP contribution in [0.15, 0.2) is 18.2 Å². The molecule has 0 saturated heterocycles. The van der Waals surface area contributed by atoms with Crippen LogP contribution >= 0.6 is 11.3 Å². The van der Waals surface area contributed by atoms with Crippen molar-refractivity contribution in [1.29, 1.82) is 0 Å². The second kappa shape index (κ2) is 5.40. The lowest BCUT2D eigenvalue weighted by Crippen LogP contribution is -2.37. The van der Waals surface area contributed by atoms with Crippen LogP contribution in [0.2, 0.25) is 0 Å². The molecule has 5 heteroatoms. The summed E-state index contributed by atoms with van der Waals surface area (Å²) in [7, 11) is 0. The molecule has 0 radical (unpaired) electrons. The molecule has 0 aliphatic carbocycles. The molecule has 1 aromatic carbocycles. The number of fused-ring (bicyclic) bond motifs is 1. The first-order chi connectivity index (χ1) is 9.29. The second-order valence-electron chi connectivity index (χ2n) is 5.73. The summed E-state index contributed by atoms with van der Waals surface area (Å²) < 4.78 is 6.67. The zero-order valence-corrected chi connectivity index (χ0v) is 13.0. The Morgan fingerprint density at radius 3 is 2.75 bits per heavy atom. The molecule has 0 unspecified atom stereocenters. The molecule has 4 nitrogen and oxygen atoms in total. The molecule has 0 aliphatic rings. The van der Waals surface area contributed by atoms with Gasteiger partial charge in [-0.25, -0.2) is 9.78 Å². The number of carboxylic acid groups (broad SMARTS) is 1. The van der Waals surface area contributed by atoms with Crippen LogP contribution < -0.4 is 4.74 Å². The van der Waals surface area contributed by atoms with Crippen molar-refractivity contribution in [3.63, 3.8) is 0 Å². The van der Waals surface area contributed by atoms with Crippen LogP contribution in [0.25, 0.3) is 10.2 Å². The van der Waals surface area contributed by atoms with Crippen LogP contribution in [0.3, 0.4) is 0 Å². The van der Waals surface area contributed by atoms with Crippen molar-refractivity contribution in [3.05, 3.63) is 23.2 Å². The number of carbonyl (C=O) groups is 1. The topological polar surface area (TPSA) is 59.4 Å². The highest BCUT2D eigenvalue weighted by molar-refractivity contribution is 7.18. The monoisotopic (exact) mass is 293 g/mol. The average Bonchev–Trinajstić information content (AvgIpc) is 2.70. The Hall–Kier alpha value is -1.62. The van der Waals surface area contributed by atoms with Crippen molar-refractivity contribution < 1.29 is 14.6 Å². The van der Waals surface area contributed by atoms with E-state index >= 15 is 0 Å². The Balaban J connectivity index is 2.39. The van der Waals surface area contributed by atoms with Crippen molar-refractivity contribution >= 4 is 27.5 Å². The van der Waals surface area contributed by atoms with Crippen LogP contribution in [0.1, 0.15) is 32.7 Å². The predicted molar refractivity (Wildman–Crippen MR) is 80.5 cm³/mol. The molecular weight excluding hydrogens is 274 g/mol. The first-order valence-corrected chi connectivity index (χ1v) is 7.42. The molecule has 1 heterocycles. The van der Waals surface area contributed by atoms with Gasteiger partial charge in [0, 0.05) is 6.42 Å². The number of ether oxygens (including phenoxy) is 1. The van der Waals surface area contributed by atoms with E-state index in [4.69, 9.17) is 9.84 Å². The minimum atomic E-state index is -1.27. The fraction of sp³-hybridized carbons (Fsp3) is 0.467. The SMILES string of the molecule is CC(C)Cc1nc2c(OC(C)(C)C(=O)O)cccc2s1. The van der Waals surface area contributed by atoms with Gasteiger partial charge in [-0.15, -0.1) is 11.3 Å². The average molecular weight is 293 g/mol. The maximum absolute atomic E-state index is 11.2. The van der Waals surface area contributed by atoms with Gasteiger partial charge >= 0.3 is 5.97 Å². The number of aromatic nitrogens is 1. The number of hydrogen-bond acceptors (Lipinski definition) is 4. The first kappa shape index (κ1) is 14.8. The number of aliphatic carboxylic acids is 1. The number of rotatable bonds is 5. The lowest BCUT2D eigenvalue weighted by molar-refractivity contribution is -0.152. The van der Waals surface area contributed by atoms with E-state index in [0.29, 0.717) is 11.7 Å². The van der Waals surface area contributed by atoms with Gasteiger partial charge < -0.3 is 9.84 Å². The van der Waals surface area contributed by atoms with Gasteiger partial charge in [0.1, 0.15) is 11.3 Å². The van der Waals surface area contributed by atoms with Crippen molar-refractivity contribution in [3.8, 4) is 5.75 Å². The summed E-state index contributed by atoms with van der Waals surface area (Å²) in [6.45, 7) is 7.37. The van der Waals surface area contributed by atoms with Crippen molar-refractivity contribution in [1.82, 2.24) is 4.98 Å². The lowest BCUT2D eigenvalue weighted by atomic mass is 10.1. The number of hydrogen-bond donors (Lipinski definition) is 1. The van der Waals surface area contributed by atoms with E-state index in [9.17, 15) is 4.79 Å². The van der Waals surface area contributed by atoms with Crippen LogP contribution in [-0.4, -0.2) is 21.7 Å². The number of nitrogens with zero attached hydrogens (tertiary/aromatic N) is 1. The Labute approximate surface area is 122 Å². The van der Waals surface area contributed by atoms with Crippen molar-refractivity contribution in [2.24, 2.45) is 5.92 Å². The van der Waals surface area contributed by atoms with E-state index in [-0.39, 0.29) is 0 Å². The smallest absolute Gasteiger partial charge is 0.347 e. The Morgan fingerprint density at radius 2 is 2.15 bits per heavy atom. The van der Waals surface area contributed by atoms with E-state index in [1.165, 1.54) is 13.8 Å².